The first-order chi connectivity index (χ1) is 11.1. The predicted molar refractivity (Wildman–Crippen MR) is 87.2 cm³/mol. The van der Waals surface area contributed by atoms with Gasteiger partial charge >= 0.3 is 0 Å². The number of rotatable bonds is 3. The van der Waals surface area contributed by atoms with Gasteiger partial charge in [0.25, 0.3) is 0 Å². The average molecular weight is 313 g/mol. The molecule has 2 saturated heterocycles. The van der Waals surface area contributed by atoms with Gasteiger partial charge in [0.15, 0.2) is 0 Å². The van der Waals surface area contributed by atoms with E-state index >= 15 is 0 Å². The molecule has 0 aliphatic carbocycles. The Balaban J connectivity index is 1.42. The predicted octanol–water partition coefficient (Wildman–Crippen LogP) is 1.96. The highest BCUT2D eigenvalue weighted by Gasteiger charge is 2.40. The van der Waals surface area contributed by atoms with Crippen molar-refractivity contribution in [2.75, 3.05) is 31.1 Å². The fourth-order valence-electron chi connectivity index (χ4n) is 3.95. The van der Waals surface area contributed by atoms with Crippen molar-refractivity contribution in [3.05, 3.63) is 35.1 Å². The molecule has 0 aromatic carbocycles. The third kappa shape index (κ3) is 2.61. The Bertz CT molecular complexity index is 699. The monoisotopic (exact) mass is 313 g/mol. The Kier molecular flexibility index (Phi) is 3.56. The van der Waals surface area contributed by atoms with E-state index in [4.69, 9.17) is 4.52 Å². The van der Waals surface area contributed by atoms with E-state index in [1.54, 1.807) is 6.33 Å². The van der Waals surface area contributed by atoms with Gasteiger partial charge in [-0.25, -0.2) is 9.97 Å². The maximum Gasteiger partial charge on any atom is 0.138 e. The van der Waals surface area contributed by atoms with Crippen LogP contribution in [0, 0.1) is 32.6 Å². The number of aromatic nitrogens is 3. The third-order valence-corrected chi connectivity index (χ3v) is 5.42. The van der Waals surface area contributed by atoms with Gasteiger partial charge in [-0.1, -0.05) is 5.16 Å². The first-order valence-electron chi connectivity index (χ1n) is 8.27. The maximum atomic E-state index is 5.17. The first kappa shape index (κ1) is 14.6. The van der Waals surface area contributed by atoms with Gasteiger partial charge in [-0.3, -0.25) is 4.90 Å². The highest BCUT2D eigenvalue weighted by Crippen LogP contribution is 2.35. The number of hydrogen-bond donors (Lipinski definition) is 0. The van der Waals surface area contributed by atoms with Crippen molar-refractivity contribution < 1.29 is 4.52 Å². The summed E-state index contributed by atoms with van der Waals surface area (Å²) in [5.74, 6) is 3.51. The number of likely N-dealkylation sites (tertiary alicyclic amines) is 1. The molecular weight excluding hydrogens is 290 g/mol. The Morgan fingerprint density at radius 2 is 1.83 bits per heavy atom. The minimum Gasteiger partial charge on any atom is -0.361 e. The molecule has 4 rings (SSSR count). The number of hydrogen-bond acceptors (Lipinski definition) is 6. The lowest BCUT2D eigenvalue weighted by atomic mass is 10.0. The van der Waals surface area contributed by atoms with Crippen molar-refractivity contribution in [3.8, 4) is 0 Å². The SMILES string of the molecule is Cc1ncnc(N2CC3CN(Cc4cnoc4C)CC3C2)c1C. The van der Waals surface area contributed by atoms with E-state index in [9.17, 15) is 0 Å². The molecule has 2 aliphatic heterocycles. The van der Waals surface area contributed by atoms with E-state index in [2.05, 4.69) is 38.8 Å². The third-order valence-electron chi connectivity index (χ3n) is 5.42. The van der Waals surface area contributed by atoms with Crippen LogP contribution in [0.3, 0.4) is 0 Å². The largest absolute Gasteiger partial charge is 0.361 e. The van der Waals surface area contributed by atoms with Crippen LogP contribution in [0.5, 0.6) is 0 Å². The molecule has 2 aromatic heterocycles. The number of anilines is 1. The van der Waals surface area contributed by atoms with Crippen molar-refractivity contribution in [2.45, 2.75) is 27.3 Å². The van der Waals surface area contributed by atoms with Gasteiger partial charge in [-0.15, -0.1) is 0 Å². The Hall–Kier alpha value is -1.95. The molecule has 2 fully saturated rings. The van der Waals surface area contributed by atoms with Crippen LogP contribution in [0.4, 0.5) is 5.82 Å². The Morgan fingerprint density at radius 3 is 2.48 bits per heavy atom. The lowest BCUT2D eigenvalue weighted by molar-refractivity contribution is 0.305. The standard InChI is InChI=1S/C17H23N5O/c1-11-12(2)18-10-19-17(11)22-8-15-6-21(7-16(15)9-22)5-14-4-20-23-13(14)3/h4,10,15-16H,5-9H2,1-3H3. The van der Waals surface area contributed by atoms with E-state index in [0.29, 0.717) is 0 Å². The fraction of sp³-hybridized carbons (Fsp3) is 0.588. The van der Waals surface area contributed by atoms with Crippen LogP contribution in [0.25, 0.3) is 0 Å². The summed E-state index contributed by atoms with van der Waals surface area (Å²) in [4.78, 5) is 13.8. The minimum absolute atomic E-state index is 0.727. The molecule has 0 radical (unpaired) electrons. The normalized spacial score (nSPS) is 24.4. The molecule has 23 heavy (non-hydrogen) atoms. The highest BCUT2D eigenvalue weighted by atomic mass is 16.5. The zero-order valence-electron chi connectivity index (χ0n) is 14.0. The molecule has 0 saturated carbocycles. The highest BCUT2D eigenvalue weighted by molar-refractivity contribution is 5.48. The van der Waals surface area contributed by atoms with Crippen LogP contribution in [0.15, 0.2) is 17.0 Å². The van der Waals surface area contributed by atoms with E-state index in [-0.39, 0.29) is 0 Å². The summed E-state index contributed by atoms with van der Waals surface area (Å²) in [5.41, 5.74) is 3.50. The number of aryl methyl sites for hydroxylation is 2. The summed E-state index contributed by atoms with van der Waals surface area (Å²) in [7, 11) is 0. The van der Waals surface area contributed by atoms with E-state index in [1.807, 2.05) is 13.1 Å². The van der Waals surface area contributed by atoms with E-state index < -0.39 is 0 Å². The maximum absolute atomic E-state index is 5.17. The smallest absolute Gasteiger partial charge is 0.138 e. The van der Waals surface area contributed by atoms with Gasteiger partial charge in [-0.05, 0) is 32.6 Å². The van der Waals surface area contributed by atoms with Gasteiger partial charge in [0.05, 0.1) is 6.20 Å². The van der Waals surface area contributed by atoms with Gasteiger partial charge in [0.1, 0.15) is 17.9 Å². The molecule has 0 N–H and O–H groups in total. The van der Waals surface area contributed by atoms with Crippen molar-refractivity contribution in [1.82, 2.24) is 20.0 Å². The first-order valence-corrected chi connectivity index (χ1v) is 8.27. The summed E-state index contributed by atoms with van der Waals surface area (Å²) in [6.07, 6.45) is 3.54. The zero-order valence-corrected chi connectivity index (χ0v) is 14.0. The summed E-state index contributed by atoms with van der Waals surface area (Å²) in [5, 5.41) is 3.88. The van der Waals surface area contributed by atoms with Crippen molar-refractivity contribution in [1.29, 1.82) is 0 Å². The van der Waals surface area contributed by atoms with Crippen LogP contribution < -0.4 is 4.90 Å². The summed E-state index contributed by atoms with van der Waals surface area (Å²) < 4.78 is 5.17. The van der Waals surface area contributed by atoms with E-state index in [1.165, 1.54) is 11.1 Å². The molecule has 4 heterocycles. The molecule has 6 heteroatoms. The molecule has 2 unspecified atom stereocenters. The molecule has 6 nitrogen and oxygen atoms in total. The van der Waals surface area contributed by atoms with Gasteiger partial charge in [0, 0.05) is 49.5 Å². The molecule has 2 atom stereocenters. The molecular formula is C17H23N5O. The quantitative estimate of drug-likeness (QED) is 0.863. The second-order valence-electron chi connectivity index (χ2n) is 6.93. The summed E-state index contributed by atoms with van der Waals surface area (Å²) in [6.45, 7) is 11.6. The van der Waals surface area contributed by atoms with Gasteiger partial charge < -0.3 is 9.42 Å². The van der Waals surface area contributed by atoms with Gasteiger partial charge in [-0.2, -0.15) is 0 Å². The second kappa shape index (κ2) is 5.60. The minimum atomic E-state index is 0.727. The van der Waals surface area contributed by atoms with E-state index in [0.717, 1.165) is 61.8 Å². The zero-order chi connectivity index (χ0) is 16.0. The number of nitrogens with zero attached hydrogens (tertiary/aromatic N) is 5. The molecule has 0 spiro atoms. The van der Waals surface area contributed by atoms with Gasteiger partial charge in [0.2, 0.25) is 0 Å². The summed E-state index contributed by atoms with van der Waals surface area (Å²) >= 11 is 0. The lowest BCUT2D eigenvalue weighted by Crippen LogP contribution is -2.29. The van der Waals surface area contributed by atoms with Crippen molar-refractivity contribution >= 4 is 5.82 Å². The molecule has 0 bridgehead atoms. The summed E-state index contributed by atoms with van der Waals surface area (Å²) in [6, 6.07) is 0. The lowest BCUT2D eigenvalue weighted by Gasteiger charge is -2.23. The molecule has 2 aliphatic rings. The van der Waals surface area contributed by atoms with Crippen LogP contribution in [-0.2, 0) is 6.54 Å². The molecule has 122 valence electrons. The second-order valence-corrected chi connectivity index (χ2v) is 6.93. The topological polar surface area (TPSA) is 58.3 Å². The fourth-order valence-corrected chi connectivity index (χ4v) is 3.95. The molecule has 0 amide bonds. The van der Waals surface area contributed by atoms with Crippen LogP contribution in [0.2, 0.25) is 0 Å². The van der Waals surface area contributed by atoms with Crippen LogP contribution >= 0.6 is 0 Å². The van der Waals surface area contributed by atoms with Crippen molar-refractivity contribution in [3.63, 3.8) is 0 Å². The van der Waals surface area contributed by atoms with Crippen molar-refractivity contribution in [2.24, 2.45) is 11.8 Å². The average Bonchev–Trinajstić information content (AvgIpc) is 3.18. The molecule has 2 aromatic rings. The Morgan fingerprint density at radius 1 is 1.09 bits per heavy atom. The Labute approximate surface area is 136 Å². The van der Waals surface area contributed by atoms with Crippen LogP contribution in [-0.4, -0.2) is 46.2 Å². The number of fused-ring (bicyclic) bond motifs is 1. The van der Waals surface area contributed by atoms with Crippen LogP contribution in [0.1, 0.15) is 22.6 Å².